The predicted molar refractivity (Wildman–Crippen MR) is 108 cm³/mol. The number of carbonyl (C=O) groups excluding carboxylic acids is 1. The van der Waals surface area contributed by atoms with Crippen molar-refractivity contribution in [2.45, 2.75) is 5.16 Å². The Kier molecular flexibility index (Phi) is 5.27. The molecule has 134 valence electrons. The molecule has 0 unspecified atom stereocenters. The number of hydrogen-bond acceptors (Lipinski definition) is 6. The van der Waals surface area contributed by atoms with Crippen LogP contribution in [0.2, 0.25) is 0 Å². The van der Waals surface area contributed by atoms with Gasteiger partial charge in [0.1, 0.15) is 0 Å². The van der Waals surface area contributed by atoms with Gasteiger partial charge in [0.25, 0.3) is 0 Å². The number of para-hydroxylation sites is 1. The van der Waals surface area contributed by atoms with Crippen LogP contribution in [-0.2, 0) is 4.79 Å². The van der Waals surface area contributed by atoms with Crippen molar-refractivity contribution in [3.8, 4) is 17.1 Å². The van der Waals surface area contributed by atoms with E-state index in [0.29, 0.717) is 10.3 Å². The van der Waals surface area contributed by atoms with E-state index in [4.69, 9.17) is 0 Å². The molecule has 0 atom stereocenters. The molecule has 8 heteroatoms. The maximum absolute atomic E-state index is 12.1. The van der Waals surface area contributed by atoms with Gasteiger partial charge in [-0.1, -0.05) is 60.3 Å². The Bertz CT molecular complexity index is 960. The lowest BCUT2D eigenvalue weighted by Gasteiger charge is -2.05. The first-order valence-electron chi connectivity index (χ1n) is 8.19. The van der Waals surface area contributed by atoms with E-state index in [1.54, 1.807) is 10.9 Å². The second-order valence-electron chi connectivity index (χ2n) is 5.51. The molecule has 4 aromatic rings. The average molecular weight is 393 g/mol. The van der Waals surface area contributed by atoms with Crippen LogP contribution in [-0.4, -0.2) is 31.4 Å². The second-order valence-corrected chi connectivity index (χ2v) is 7.34. The molecular formula is C19H15N5OS2. The Balaban J connectivity index is 1.57. The molecule has 0 bridgehead atoms. The molecule has 0 aliphatic heterocycles. The van der Waals surface area contributed by atoms with Gasteiger partial charge in [-0.05, 0) is 12.1 Å². The van der Waals surface area contributed by atoms with Gasteiger partial charge in [0, 0.05) is 17.1 Å². The lowest BCUT2D eigenvalue weighted by Crippen LogP contribution is -2.13. The lowest BCUT2D eigenvalue weighted by atomic mass is 10.2. The number of nitrogens with one attached hydrogen (secondary N) is 1. The first-order chi connectivity index (χ1) is 13.3. The molecule has 0 aliphatic carbocycles. The van der Waals surface area contributed by atoms with E-state index in [9.17, 15) is 4.79 Å². The van der Waals surface area contributed by atoms with Gasteiger partial charge in [0.05, 0.1) is 11.4 Å². The van der Waals surface area contributed by atoms with Crippen LogP contribution in [0.15, 0.2) is 77.4 Å². The van der Waals surface area contributed by atoms with Crippen molar-refractivity contribution in [3.63, 3.8) is 0 Å². The van der Waals surface area contributed by atoms with Crippen LogP contribution in [0.4, 0.5) is 5.13 Å². The molecule has 2 aromatic heterocycles. The highest BCUT2D eigenvalue weighted by Crippen LogP contribution is 2.25. The first kappa shape index (κ1) is 17.4. The maximum Gasteiger partial charge on any atom is 0.236 e. The third kappa shape index (κ3) is 4.24. The topological polar surface area (TPSA) is 72.7 Å². The number of hydrogen-bond donors (Lipinski definition) is 1. The summed E-state index contributed by atoms with van der Waals surface area (Å²) in [6, 6.07) is 19.7. The number of nitrogens with zero attached hydrogens (tertiary/aromatic N) is 4. The molecule has 0 aliphatic rings. The Labute approximate surface area is 164 Å². The lowest BCUT2D eigenvalue weighted by molar-refractivity contribution is -0.113. The molecule has 0 spiro atoms. The smallest absolute Gasteiger partial charge is 0.236 e. The van der Waals surface area contributed by atoms with E-state index in [1.807, 2.05) is 66.0 Å². The number of anilines is 1. The summed E-state index contributed by atoms with van der Waals surface area (Å²) in [6.45, 7) is 0. The Morgan fingerprint density at radius 1 is 1.07 bits per heavy atom. The number of benzene rings is 2. The Hall–Kier alpha value is -2.97. The van der Waals surface area contributed by atoms with Crippen LogP contribution in [0.3, 0.4) is 0 Å². The Morgan fingerprint density at radius 2 is 1.81 bits per heavy atom. The highest BCUT2D eigenvalue weighted by Gasteiger charge is 2.15. The van der Waals surface area contributed by atoms with Crippen LogP contribution in [0.5, 0.6) is 0 Å². The van der Waals surface area contributed by atoms with Crippen molar-refractivity contribution in [3.05, 3.63) is 72.2 Å². The van der Waals surface area contributed by atoms with Crippen molar-refractivity contribution < 1.29 is 4.79 Å². The van der Waals surface area contributed by atoms with Crippen LogP contribution >= 0.6 is 23.1 Å². The van der Waals surface area contributed by atoms with Gasteiger partial charge in [-0.15, -0.1) is 16.4 Å². The second kappa shape index (κ2) is 8.15. The Morgan fingerprint density at radius 3 is 2.52 bits per heavy atom. The number of amides is 1. The van der Waals surface area contributed by atoms with Crippen molar-refractivity contribution in [2.75, 3.05) is 11.1 Å². The monoisotopic (exact) mass is 393 g/mol. The summed E-state index contributed by atoms with van der Waals surface area (Å²) >= 11 is 2.68. The third-order valence-electron chi connectivity index (χ3n) is 3.63. The van der Waals surface area contributed by atoms with Gasteiger partial charge in [-0.3, -0.25) is 4.79 Å². The van der Waals surface area contributed by atoms with E-state index in [0.717, 1.165) is 17.1 Å². The zero-order valence-corrected chi connectivity index (χ0v) is 15.8. The van der Waals surface area contributed by atoms with Gasteiger partial charge >= 0.3 is 0 Å². The summed E-state index contributed by atoms with van der Waals surface area (Å²) in [5, 5.41) is 10.3. The van der Waals surface area contributed by atoms with Gasteiger partial charge in [-0.2, -0.15) is 0 Å². The van der Waals surface area contributed by atoms with Crippen molar-refractivity contribution in [1.82, 2.24) is 19.7 Å². The minimum atomic E-state index is -0.132. The fourth-order valence-corrected chi connectivity index (χ4v) is 3.62. The molecule has 2 aromatic carbocycles. The van der Waals surface area contributed by atoms with Gasteiger partial charge in [-0.25, -0.2) is 14.6 Å². The first-order valence-corrected chi connectivity index (χ1v) is 10.1. The van der Waals surface area contributed by atoms with E-state index in [1.165, 1.54) is 23.1 Å². The largest absolute Gasteiger partial charge is 0.301 e. The number of thioether (sulfide) groups is 1. The zero-order valence-electron chi connectivity index (χ0n) is 14.1. The number of carbonyl (C=O) groups is 1. The standard InChI is InChI=1S/C19H15N5OS2/c25-16(21-18-20-11-12-26-18)13-27-19-22-17(14-7-3-1-4-8-14)24(23-19)15-9-5-2-6-10-15/h1-12H,13H2,(H,20,21,25). The molecule has 2 heterocycles. The summed E-state index contributed by atoms with van der Waals surface area (Å²) in [5.74, 6) is 0.823. The van der Waals surface area contributed by atoms with Crippen LogP contribution in [0.1, 0.15) is 0 Å². The molecule has 0 radical (unpaired) electrons. The summed E-state index contributed by atoms with van der Waals surface area (Å²) in [6.07, 6.45) is 1.66. The fourth-order valence-electron chi connectivity index (χ4n) is 2.45. The van der Waals surface area contributed by atoms with Crippen molar-refractivity contribution >= 4 is 34.1 Å². The van der Waals surface area contributed by atoms with Crippen LogP contribution < -0.4 is 5.32 Å². The van der Waals surface area contributed by atoms with Crippen molar-refractivity contribution in [1.29, 1.82) is 0 Å². The predicted octanol–water partition coefficient (Wildman–Crippen LogP) is 4.12. The molecule has 6 nitrogen and oxygen atoms in total. The zero-order chi connectivity index (χ0) is 18.5. The van der Waals surface area contributed by atoms with E-state index in [-0.39, 0.29) is 11.7 Å². The minimum Gasteiger partial charge on any atom is -0.301 e. The van der Waals surface area contributed by atoms with Crippen LogP contribution in [0.25, 0.3) is 17.1 Å². The van der Waals surface area contributed by atoms with Crippen LogP contribution in [0, 0.1) is 0 Å². The highest BCUT2D eigenvalue weighted by molar-refractivity contribution is 7.99. The van der Waals surface area contributed by atoms with Gasteiger partial charge in [0.15, 0.2) is 11.0 Å². The molecular weight excluding hydrogens is 378 g/mol. The number of aromatic nitrogens is 4. The summed E-state index contributed by atoms with van der Waals surface area (Å²) < 4.78 is 1.80. The minimum absolute atomic E-state index is 0.132. The van der Waals surface area contributed by atoms with E-state index < -0.39 is 0 Å². The summed E-state index contributed by atoms with van der Waals surface area (Å²) in [4.78, 5) is 20.8. The third-order valence-corrected chi connectivity index (χ3v) is 5.16. The normalized spacial score (nSPS) is 10.7. The number of thiazole rings is 1. The van der Waals surface area contributed by atoms with Gasteiger partial charge < -0.3 is 5.32 Å². The summed E-state index contributed by atoms with van der Waals surface area (Å²) in [7, 11) is 0. The molecule has 27 heavy (non-hydrogen) atoms. The highest BCUT2D eigenvalue weighted by atomic mass is 32.2. The SMILES string of the molecule is O=C(CSc1nc(-c2ccccc2)n(-c2ccccc2)n1)Nc1nccs1. The molecule has 1 amide bonds. The molecule has 0 saturated carbocycles. The molecule has 4 rings (SSSR count). The fraction of sp³-hybridized carbons (Fsp3) is 0.0526. The molecule has 1 N–H and O–H groups in total. The molecule has 0 fully saturated rings. The average Bonchev–Trinajstić information content (AvgIpc) is 3.38. The van der Waals surface area contributed by atoms with E-state index >= 15 is 0 Å². The van der Waals surface area contributed by atoms with E-state index in [2.05, 4.69) is 20.4 Å². The quantitative estimate of drug-likeness (QED) is 0.499. The van der Waals surface area contributed by atoms with Gasteiger partial charge in [0.2, 0.25) is 11.1 Å². The number of rotatable bonds is 6. The molecule has 0 saturated heterocycles. The maximum atomic E-state index is 12.1. The van der Waals surface area contributed by atoms with Crippen molar-refractivity contribution in [2.24, 2.45) is 0 Å². The summed E-state index contributed by atoms with van der Waals surface area (Å²) in [5.41, 5.74) is 1.89.